The summed E-state index contributed by atoms with van der Waals surface area (Å²) in [6.45, 7) is 1.68. The molecular formula is C14H16Cl3N3O4S3. The predicted molar refractivity (Wildman–Crippen MR) is 112 cm³/mol. The second kappa shape index (κ2) is 9.89. The van der Waals surface area contributed by atoms with Crippen molar-refractivity contribution in [3.05, 3.63) is 18.2 Å². The van der Waals surface area contributed by atoms with Gasteiger partial charge in [-0.3, -0.25) is 4.79 Å². The lowest BCUT2D eigenvalue weighted by molar-refractivity contribution is -0.133. The minimum atomic E-state index is -2.13. The van der Waals surface area contributed by atoms with Crippen LogP contribution in [0.25, 0.3) is 0 Å². The van der Waals surface area contributed by atoms with Gasteiger partial charge in [0.25, 0.3) is 4.52 Å². The summed E-state index contributed by atoms with van der Waals surface area (Å²) in [7, 11) is 1.89. The largest absolute Gasteiger partial charge is 0.510 e. The van der Waals surface area contributed by atoms with Gasteiger partial charge in [-0.25, -0.2) is 9.78 Å². The standard InChI is InChI=1S/C14H16Cl3N3O4S3/c1-3-23-12(22)24-14(16,17)9(15)8-10(21)19-11(8)27-13(25)26-6-7-18-4-5-20(7)2/h4-5,8-9,11H,3,6H2,1-2H3,(H,19,21)/t8-,9?,11-/m1/s1. The number of aryl methyl sites for hydroxylation is 1. The Hall–Kier alpha value is -0.390. The molecule has 1 aromatic heterocycles. The minimum absolute atomic E-state index is 0.0829. The number of imidazole rings is 1. The highest BCUT2D eigenvalue weighted by Crippen LogP contribution is 2.43. The maximum atomic E-state index is 12.0. The van der Waals surface area contributed by atoms with Crippen molar-refractivity contribution in [2.24, 2.45) is 13.0 Å². The van der Waals surface area contributed by atoms with Gasteiger partial charge in [0.05, 0.1) is 23.7 Å². The Morgan fingerprint density at radius 3 is 2.81 bits per heavy atom. The number of aromatic nitrogens is 2. The molecule has 0 spiro atoms. The topological polar surface area (TPSA) is 82.4 Å². The molecule has 7 nitrogen and oxygen atoms in total. The van der Waals surface area contributed by atoms with Crippen LogP contribution in [0.3, 0.4) is 0 Å². The van der Waals surface area contributed by atoms with E-state index in [9.17, 15) is 9.59 Å². The number of nitrogens with one attached hydrogen (secondary N) is 1. The summed E-state index contributed by atoms with van der Waals surface area (Å²) in [4.78, 5) is 27.6. The molecule has 0 aliphatic carbocycles. The fourth-order valence-corrected chi connectivity index (χ4v) is 5.45. The van der Waals surface area contributed by atoms with Crippen LogP contribution in [0.5, 0.6) is 0 Å². The number of carbonyl (C=O) groups excluding carboxylic acids is 2. The van der Waals surface area contributed by atoms with Crippen LogP contribution in [0.1, 0.15) is 12.7 Å². The van der Waals surface area contributed by atoms with E-state index in [0.29, 0.717) is 9.28 Å². The Bertz CT molecular complexity index is 719. The molecule has 1 aliphatic rings. The number of ether oxygens (including phenoxy) is 2. The lowest BCUT2D eigenvalue weighted by Crippen LogP contribution is -2.63. The van der Waals surface area contributed by atoms with Crippen LogP contribution >= 0.6 is 70.5 Å². The van der Waals surface area contributed by atoms with Crippen molar-refractivity contribution >= 4 is 86.1 Å². The monoisotopic (exact) mass is 491 g/mol. The average Bonchev–Trinajstić information content (AvgIpc) is 2.97. The lowest BCUT2D eigenvalue weighted by atomic mass is 9.97. The van der Waals surface area contributed by atoms with Crippen LogP contribution in [-0.4, -0.2) is 47.0 Å². The van der Waals surface area contributed by atoms with E-state index >= 15 is 0 Å². The number of hydrogen-bond acceptors (Lipinski definition) is 8. The molecule has 27 heavy (non-hydrogen) atoms. The van der Waals surface area contributed by atoms with Gasteiger partial charge in [-0.1, -0.05) is 58.9 Å². The highest BCUT2D eigenvalue weighted by atomic mass is 35.5. The molecule has 1 saturated heterocycles. The normalized spacial score (nSPS) is 20.4. The van der Waals surface area contributed by atoms with Crippen LogP contribution < -0.4 is 5.32 Å². The van der Waals surface area contributed by atoms with Crippen molar-refractivity contribution in [3.8, 4) is 0 Å². The van der Waals surface area contributed by atoms with E-state index in [1.807, 2.05) is 17.8 Å². The SMILES string of the molecule is CCOC(=O)OC(Cl)(Cl)C(Cl)[C@@H]1C(=O)N[C@@H]1SC(=S)SCc1nccn1C. The van der Waals surface area contributed by atoms with Crippen LogP contribution in [0.15, 0.2) is 12.4 Å². The Balaban J connectivity index is 1.90. The third kappa shape index (κ3) is 6.04. The Labute approximate surface area is 185 Å². The molecule has 0 bridgehead atoms. The van der Waals surface area contributed by atoms with Crippen molar-refractivity contribution in [2.75, 3.05) is 6.61 Å². The number of thioether (sulfide) groups is 2. The maximum absolute atomic E-state index is 12.0. The Morgan fingerprint density at radius 2 is 2.26 bits per heavy atom. The number of halogens is 3. The van der Waals surface area contributed by atoms with E-state index in [4.69, 9.17) is 51.8 Å². The van der Waals surface area contributed by atoms with E-state index in [1.165, 1.54) is 23.5 Å². The highest BCUT2D eigenvalue weighted by molar-refractivity contribution is 8.47. The summed E-state index contributed by atoms with van der Waals surface area (Å²) in [6, 6.07) is 0. The molecule has 2 heterocycles. The third-order valence-electron chi connectivity index (χ3n) is 3.49. The molecule has 1 amide bonds. The second-order valence-electron chi connectivity index (χ2n) is 5.31. The first-order valence-corrected chi connectivity index (χ1v) is 11.1. The number of hydrogen-bond donors (Lipinski definition) is 1. The summed E-state index contributed by atoms with van der Waals surface area (Å²) < 4.78 is 9.80. The first-order chi connectivity index (χ1) is 12.7. The average molecular weight is 493 g/mol. The minimum Gasteiger partial charge on any atom is -0.435 e. The van der Waals surface area contributed by atoms with Gasteiger partial charge < -0.3 is 19.4 Å². The zero-order chi connectivity index (χ0) is 20.2. The molecule has 1 N–H and O–H groups in total. The summed E-state index contributed by atoms with van der Waals surface area (Å²) >= 11 is 26.3. The molecule has 13 heteroatoms. The summed E-state index contributed by atoms with van der Waals surface area (Å²) in [5.74, 6) is 0.303. The smallest absolute Gasteiger partial charge is 0.435 e. The fraction of sp³-hybridized carbons (Fsp3) is 0.571. The van der Waals surface area contributed by atoms with E-state index < -0.39 is 27.3 Å². The molecule has 1 aromatic rings. The molecule has 1 fully saturated rings. The van der Waals surface area contributed by atoms with Crippen molar-refractivity contribution in [3.63, 3.8) is 0 Å². The Morgan fingerprint density at radius 1 is 1.56 bits per heavy atom. The molecule has 0 saturated carbocycles. The van der Waals surface area contributed by atoms with Gasteiger partial charge in [-0.2, -0.15) is 0 Å². The first kappa shape index (κ1) is 22.9. The van der Waals surface area contributed by atoms with Crippen LogP contribution in [0.2, 0.25) is 0 Å². The Kier molecular flexibility index (Phi) is 8.38. The highest BCUT2D eigenvalue weighted by Gasteiger charge is 2.54. The zero-order valence-corrected chi connectivity index (χ0v) is 18.9. The van der Waals surface area contributed by atoms with Gasteiger partial charge in [0, 0.05) is 19.4 Å². The molecule has 2 rings (SSSR count). The van der Waals surface area contributed by atoms with Gasteiger partial charge in [-0.15, -0.1) is 11.6 Å². The third-order valence-corrected chi connectivity index (χ3v) is 7.70. The van der Waals surface area contributed by atoms with Gasteiger partial charge in [-0.05, 0) is 6.92 Å². The number of amides is 1. The van der Waals surface area contributed by atoms with Crippen molar-refractivity contribution in [1.82, 2.24) is 14.9 Å². The van der Waals surface area contributed by atoms with E-state index in [0.717, 1.165) is 5.82 Å². The molecule has 0 radical (unpaired) electrons. The summed E-state index contributed by atoms with van der Waals surface area (Å²) in [5.41, 5.74) is 0. The summed E-state index contributed by atoms with van der Waals surface area (Å²) in [5, 5.41) is 1.05. The lowest BCUT2D eigenvalue weighted by Gasteiger charge is -2.41. The second-order valence-corrected chi connectivity index (χ2v) is 10.4. The van der Waals surface area contributed by atoms with E-state index in [-0.39, 0.29) is 12.5 Å². The molecule has 1 aliphatic heterocycles. The van der Waals surface area contributed by atoms with Crippen LogP contribution in [0.4, 0.5) is 4.79 Å². The zero-order valence-electron chi connectivity index (χ0n) is 14.2. The number of thiocarbonyl (C=S) groups is 1. The van der Waals surface area contributed by atoms with Crippen LogP contribution in [0, 0.1) is 5.92 Å². The van der Waals surface area contributed by atoms with Gasteiger partial charge in [0.1, 0.15) is 14.7 Å². The first-order valence-electron chi connectivity index (χ1n) is 7.63. The van der Waals surface area contributed by atoms with Crippen molar-refractivity contribution in [2.45, 2.75) is 27.9 Å². The number of rotatable bonds is 7. The predicted octanol–water partition coefficient (Wildman–Crippen LogP) is 3.66. The molecule has 1 unspecified atom stereocenters. The number of carbonyl (C=O) groups is 2. The van der Waals surface area contributed by atoms with Crippen LogP contribution in [-0.2, 0) is 27.1 Å². The summed E-state index contributed by atoms with van der Waals surface area (Å²) in [6.07, 6.45) is 2.48. The number of β-lactam (4-membered cyclic amide) rings is 1. The molecule has 3 atom stereocenters. The quantitative estimate of drug-likeness (QED) is 0.267. The van der Waals surface area contributed by atoms with Gasteiger partial charge in [0.15, 0.2) is 0 Å². The van der Waals surface area contributed by atoms with Crippen molar-refractivity contribution < 1.29 is 19.1 Å². The number of alkyl halides is 3. The van der Waals surface area contributed by atoms with E-state index in [1.54, 1.807) is 13.1 Å². The molecular weight excluding hydrogens is 477 g/mol. The molecule has 150 valence electrons. The van der Waals surface area contributed by atoms with Gasteiger partial charge in [0.2, 0.25) is 5.91 Å². The van der Waals surface area contributed by atoms with Gasteiger partial charge >= 0.3 is 6.16 Å². The van der Waals surface area contributed by atoms with Crippen molar-refractivity contribution in [1.29, 1.82) is 0 Å². The van der Waals surface area contributed by atoms with E-state index in [2.05, 4.69) is 15.0 Å². The number of nitrogens with zero attached hydrogens (tertiary/aromatic N) is 2. The maximum Gasteiger partial charge on any atom is 0.510 e. The molecule has 0 aromatic carbocycles. The fourth-order valence-electron chi connectivity index (χ4n) is 2.08.